The highest BCUT2D eigenvalue weighted by atomic mass is 32.1. The number of benzene rings is 1. The van der Waals surface area contributed by atoms with Gasteiger partial charge in [0.15, 0.2) is 5.01 Å². The van der Waals surface area contributed by atoms with Crippen molar-refractivity contribution in [3.05, 3.63) is 52.0 Å². The van der Waals surface area contributed by atoms with E-state index in [4.69, 9.17) is 0 Å². The molecule has 1 aliphatic carbocycles. The van der Waals surface area contributed by atoms with Gasteiger partial charge in [0.25, 0.3) is 11.8 Å². The van der Waals surface area contributed by atoms with Crippen molar-refractivity contribution in [2.75, 3.05) is 0 Å². The Morgan fingerprint density at radius 2 is 1.95 bits per heavy atom. The van der Waals surface area contributed by atoms with E-state index in [0.29, 0.717) is 5.01 Å². The number of thiazole rings is 1. The van der Waals surface area contributed by atoms with Gasteiger partial charge < -0.3 is 10.6 Å². The second kappa shape index (κ2) is 6.27. The number of carbonyl (C=O) groups excluding carboxylic acids is 2. The quantitative estimate of drug-likeness (QED) is 0.890. The Labute approximate surface area is 132 Å². The summed E-state index contributed by atoms with van der Waals surface area (Å²) in [6.45, 7) is 1.92. The smallest absolute Gasteiger partial charge is 0.280 e. The highest BCUT2D eigenvalue weighted by Gasteiger charge is 2.25. The fourth-order valence-electron chi connectivity index (χ4n) is 2.05. The van der Waals surface area contributed by atoms with Crippen LogP contribution in [0.25, 0.3) is 0 Å². The van der Waals surface area contributed by atoms with Crippen LogP contribution in [0.2, 0.25) is 0 Å². The summed E-state index contributed by atoms with van der Waals surface area (Å²) in [5, 5.41) is 7.71. The Morgan fingerprint density at radius 1 is 1.23 bits per heavy atom. The van der Waals surface area contributed by atoms with Crippen molar-refractivity contribution in [1.29, 1.82) is 0 Å². The van der Waals surface area contributed by atoms with Crippen LogP contribution in [0.3, 0.4) is 0 Å². The predicted molar refractivity (Wildman–Crippen MR) is 84.9 cm³/mol. The maximum absolute atomic E-state index is 12.2. The first-order chi connectivity index (χ1) is 10.6. The van der Waals surface area contributed by atoms with Gasteiger partial charge in [-0.05, 0) is 25.3 Å². The summed E-state index contributed by atoms with van der Waals surface area (Å²) in [6.07, 6.45) is 2.05. The zero-order valence-electron chi connectivity index (χ0n) is 12.2. The van der Waals surface area contributed by atoms with Gasteiger partial charge in [-0.1, -0.05) is 30.3 Å². The van der Waals surface area contributed by atoms with E-state index in [1.165, 1.54) is 11.3 Å². The maximum atomic E-state index is 12.2. The topological polar surface area (TPSA) is 71.1 Å². The molecule has 22 heavy (non-hydrogen) atoms. The summed E-state index contributed by atoms with van der Waals surface area (Å²) < 4.78 is 0. The summed E-state index contributed by atoms with van der Waals surface area (Å²) in [7, 11) is 0. The average molecular weight is 315 g/mol. The van der Waals surface area contributed by atoms with Crippen molar-refractivity contribution in [2.24, 2.45) is 0 Å². The van der Waals surface area contributed by atoms with Crippen molar-refractivity contribution in [3.8, 4) is 0 Å². The molecule has 1 saturated carbocycles. The molecule has 2 aromatic rings. The monoisotopic (exact) mass is 315 g/mol. The molecule has 1 atom stereocenters. The van der Waals surface area contributed by atoms with Crippen LogP contribution in [0.4, 0.5) is 0 Å². The number of carbonyl (C=O) groups is 2. The van der Waals surface area contributed by atoms with Crippen molar-refractivity contribution >= 4 is 23.2 Å². The van der Waals surface area contributed by atoms with Crippen LogP contribution in [0.1, 0.15) is 51.7 Å². The minimum atomic E-state index is -0.266. The van der Waals surface area contributed by atoms with E-state index in [2.05, 4.69) is 15.6 Å². The van der Waals surface area contributed by atoms with Gasteiger partial charge in [-0.3, -0.25) is 9.59 Å². The van der Waals surface area contributed by atoms with Crippen LogP contribution in [-0.2, 0) is 0 Å². The largest absolute Gasteiger partial charge is 0.347 e. The highest BCUT2D eigenvalue weighted by molar-refractivity contribution is 7.11. The Bertz CT molecular complexity index is 680. The number of amides is 2. The molecule has 1 fully saturated rings. The van der Waals surface area contributed by atoms with Crippen LogP contribution >= 0.6 is 11.3 Å². The lowest BCUT2D eigenvalue weighted by Gasteiger charge is -2.13. The molecular formula is C16H17N3O2S. The molecule has 1 aliphatic rings. The van der Waals surface area contributed by atoms with Crippen LogP contribution < -0.4 is 10.6 Å². The van der Waals surface area contributed by atoms with Gasteiger partial charge in [0.1, 0.15) is 5.69 Å². The van der Waals surface area contributed by atoms with E-state index in [-0.39, 0.29) is 29.6 Å². The molecule has 5 nitrogen and oxygen atoms in total. The van der Waals surface area contributed by atoms with Crippen LogP contribution in [0.5, 0.6) is 0 Å². The minimum absolute atomic E-state index is 0.112. The fraction of sp³-hybridized carbons (Fsp3) is 0.312. The van der Waals surface area contributed by atoms with Gasteiger partial charge in [-0.2, -0.15) is 0 Å². The number of hydrogen-bond acceptors (Lipinski definition) is 4. The van der Waals surface area contributed by atoms with E-state index in [1.54, 1.807) is 5.38 Å². The number of aromatic nitrogens is 1. The van der Waals surface area contributed by atoms with Gasteiger partial charge in [-0.25, -0.2) is 4.98 Å². The van der Waals surface area contributed by atoms with Gasteiger partial charge >= 0.3 is 0 Å². The van der Waals surface area contributed by atoms with Crippen LogP contribution in [0, 0.1) is 0 Å². The molecule has 0 radical (unpaired) electrons. The second-order valence-electron chi connectivity index (χ2n) is 5.39. The molecule has 0 spiro atoms. The molecule has 0 saturated heterocycles. The third-order valence-electron chi connectivity index (χ3n) is 3.49. The lowest BCUT2D eigenvalue weighted by molar-refractivity contribution is 0.0935. The third kappa shape index (κ3) is 3.51. The molecule has 1 aromatic heterocycles. The first-order valence-electron chi connectivity index (χ1n) is 7.25. The van der Waals surface area contributed by atoms with Crippen molar-refractivity contribution in [3.63, 3.8) is 0 Å². The Morgan fingerprint density at radius 3 is 2.64 bits per heavy atom. The average Bonchev–Trinajstić information content (AvgIpc) is 3.19. The Kier molecular flexibility index (Phi) is 4.20. The standard InChI is InChI=1S/C16H17N3O2S/c1-10(11-5-3-2-4-6-11)17-14(20)13-9-22-16(19-13)15(21)18-12-7-8-12/h2-6,9-10,12H,7-8H2,1H3,(H,17,20)(H,18,21)/t10-/m0/s1. The van der Waals surface area contributed by atoms with Gasteiger partial charge in [-0.15, -0.1) is 11.3 Å². The van der Waals surface area contributed by atoms with Crippen LogP contribution in [0.15, 0.2) is 35.7 Å². The van der Waals surface area contributed by atoms with E-state index < -0.39 is 0 Å². The van der Waals surface area contributed by atoms with E-state index in [9.17, 15) is 9.59 Å². The molecule has 0 unspecified atom stereocenters. The SMILES string of the molecule is C[C@H](NC(=O)c1csc(C(=O)NC2CC2)n1)c1ccccc1. The fourth-order valence-corrected chi connectivity index (χ4v) is 2.75. The summed E-state index contributed by atoms with van der Waals surface area (Å²) in [6, 6.07) is 9.89. The van der Waals surface area contributed by atoms with Gasteiger partial charge in [0.2, 0.25) is 0 Å². The number of hydrogen-bond donors (Lipinski definition) is 2. The molecule has 1 aromatic carbocycles. The van der Waals surface area contributed by atoms with E-state index in [1.807, 2.05) is 37.3 Å². The maximum Gasteiger partial charge on any atom is 0.280 e. The molecule has 2 N–H and O–H groups in total. The zero-order chi connectivity index (χ0) is 15.5. The lowest BCUT2D eigenvalue weighted by Crippen LogP contribution is -2.28. The Hall–Kier alpha value is -2.21. The zero-order valence-corrected chi connectivity index (χ0v) is 13.0. The van der Waals surface area contributed by atoms with E-state index in [0.717, 1.165) is 18.4 Å². The summed E-state index contributed by atoms with van der Waals surface area (Å²) >= 11 is 1.19. The number of rotatable bonds is 5. The number of nitrogens with zero attached hydrogens (tertiary/aromatic N) is 1. The molecule has 3 rings (SSSR count). The molecule has 114 valence electrons. The summed E-state index contributed by atoms with van der Waals surface area (Å²) in [4.78, 5) is 28.2. The third-order valence-corrected chi connectivity index (χ3v) is 4.33. The molecule has 0 aliphatic heterocycles. The molecule has 6 heteroatoms. The first-order valence-corrected chi connectivity index (χ1v) is 8.13. The lowest BCUT2D eigenvalue weighted by atomic mass is 10.1. The predicted octanol–water partition coefficient (Wildman–Crippen LogP) is 2.53. The van der Waals surface area contributed by atoms with Crippen molar-refractivity contribution in [1.82, 2.24) is 15.6 Å². The van der Waals surface area contributed by atoms with Gasteiger partial charge in [0, 0.05) is 11.4 Å². The number of nitrogens with one attached hydrogen (secondary N) is 2. The van der Waals surface area contributed by atoms with Crippen LogP contribution in [-0.4, -0.2) is 22.8 Å². The molecule has 1 heterocycles. The molecular weight excluding hydrogens is 298 g/mol. The van der Waals surface area contributed by atoms with E-state index >= 15 is 0 Å². The molecule has 2 amide bonds. The van der Waals surface area contributed by atoms with Crippen molar-refractivity contribution < 1.29 is 9.59 Å². The normalized spacial score (nSPS) is 15.1. The minimum Gasteiger partial charge on any atom is -0.347 e. The summed E-state index contributed by atoms with van der Waals surface area (Å²) in [5.74, 6) is -0.458. The Balaban J connectivity index is 1.62. The highest BCUT2D eigenvalue weighted by Crippen LogP contribution is 2.20. The summed E-state index contributed by atoms with van der Waals surface area (Å²) in [5.41, 5.74) is 1.31. The van der Waals surface area contributed by atoms with Crippen molar-refractivity contribution in [2.45, 2.75) is 31.8 Å². The molecule has 0 bridgehead atoms. The first kappa shape index (κ1) is 14.7. The second-order valence-corrected chi connectivity index (χ2v) is 6.25. The van der Waals surface area contributed by atoms with Gasteiger partial charge in [0.05, 0.1) is 6.04 Å².